The molecule has 1 heterocycles. The van der Waals surface area contributed by atoms with Crippen molar-refractivity contribution < 1.29 is 24.2 Å². The van der Waals surface area contributed by atoms with Crippen LogP contribution in [0.25, 0.3) is 0 Å². The van der Waals surface area contributed by atoms with Gasteiger partial charge in [0.15, 0.2) is 0 Å². The molecule has 0 aromatic heterocycles. The molecule has 0 bridgehead atoms. The first-order valence-corrected chi connectivity index (χ1v) is 7.41. The summed E-state index contributed by atoms with van der Waals surface area (Å²) >= 11 is 0. The number of rotatable bonds is 3. The zero-order valence-corrected chi connectivity index (χ0v) is 14.0. The number of carboxylic acids is 1. The van der Waals surface area contributed by atoms with Gasteiger partial charge in [-0.2, -0.15) is 0 Å². The predicted molar refractivity (Wildman–Crippen MR) is 80.4 cm³/mol. The lowest BCUT2D eigenvalue weighted by atomic mass is 9.89. The van der Waals surface area contributed by atoms with Crippen molar-refractivity contribution in [2.75, 3.05) is 26.2 Å². The minimum absolute atomic E-state index is 0.0469. The minimum atomic E-state index is -1.08. The van der Waals surface area contributed by atoms with Crippen LogP contribution in [0.2, 0.25) is 0 Å². The van der Waals surface area contributed by atoms with E-state index < -0.39 is 17.0 Å². The largest absolute Gasteiger partial charge is 0.481 e. The average Bonchev–Trinajstić information content (AvgIpc) is 2.36. The summed E-state index contributed by atoms with van der Waals surface area (Å²) in [6, 6.07) is 0. The van der Waals surface area contributed by atoms with Gasteiger partial charge in [-0.3, -0.25) is 9.59 Å². The highest BCUT2D eigenvalue weighted by molar-refractivity contribution is 5.84. The Labute approximate surface area is 131 Å². The molecule has 22 heavy (non-hydrogen) atoms. The van der Waals surface area contributed by atoms with Gasteiger partial charge in [-0.1, -0.05) is 0 Å². The Morgan fingerprint density at radius 3 is 1.82 bits per heavy atom. The van der Waals surface area contributed by atoms with Crippen molar-refractivity contribution in [1.29, 1.82) is 0 Å². The van der Waals surface area contributed by atoms with Crippen LogP contribution in [0.4, 0.5) is 4.79 Å². The van der Waals surface area contributed by atoms with Gasteiger partial charge in [-0.25, -0.2) is 4.79 Å². The fraction of sp³-hybridized carbons (Fsp3) is 0.800. The van der Waals surface area contributed by atoms with Crippen LogP contribution in [-0.4, -0.2) is 64.7 Å². The van der Waals surface area contributed by atoms with E-state index in [1.54, 1.807) is 30.6 Å². The minimum Gasteiger partial charge on any atom is -0.481 e. The van der Waals surface area contributed by atoms with Crippen LogP contribution in [0.3, 0.4) is 0 Å². The molecule has 0 aliphatic carbocycles. The lowest BCUT2D eigenvalue weighted by molar-refractivity contribution is -0.151. The monoisotopic (exact) mass is 314 g/mol. The zero-order valence-electron chi connectivity index (χ0n) is 14.0. The molecule has 1 N–H and O–H groups in total. The van der Waals surface area contributed by atoms with E-state index >= 15 is 0 Å². The van der Waals surface area contributed by atoms with E-state index in [0.29, 0.717) is 26.2 Å². The first-order chi connectivity index (χ1) is 9.92. The third kappa shape index (κ3) is 5.20. The third-order valence-electron chi connectivity index (χ3n) is 3.46. The van der Waals surface area contributed by atoms with Gasteiger partial charge in [-0.05, 0) is 34.6 Å². The number of ether oxygens (including phenoxy) is 1. The van der Waals surface area contributed by atoms with Gasteiger partial charge in [0.1, 0.15) is 5.60 Å². The molecule has 1 aliphatic rings. The van der Waals surface area contributed by atoms with Crippen molar-refractivity contribution in [3.05, 3.63) is 0 Å². The van der Waals surface area contributed by atoms with E-state index in [9.17, 15) is 14.4 Å². The van der Waals surface area contributed by atoms with Crippen molar-refractivity contribution in [3.63, 3.8) is 0 Å². The van der Waals surface area contributed by atoms with Crippen molar-refractivity contribution >= 4 is 18.0 Å². The summed E-state index contributed by atoms with van der Waals surface area (Å²) < 4.78 is 5.29. The van der Waals surface area contributed by atoms with Crippen molar-refractivity contribution in [3.8, 4) is 0 Å². The highest BCUT2D eigenvalue weighted by Crippen LogP contribution is 2.22. The van der Waals surface area contributed by atoms with Crippen LogP contribution >= 0.6 is 0 Å². The topological polar surface area (TPSA) is 87.2 Å². The second-order valence-electron chi connectivity index (χ2n) is 7.21. The maximum absolute atomic E-state index is 12.2. The number of aliphatic carboxylic acids is 1. The molecule has 0 aromatic carbocycles. The van der Waals surface area contributed by atoms with E-state index in [4.69, 9.17) is 9.84 Å². The molecule has 1 aliphatic heterocycles. The summed E-state index contributed by atoms with van der Waals surface area (Å²) in [7, 11) is 0. The van der Waals surface area contributed by atoms with Crippen molar-refractivity contribution in [2.24, 2.45) is 5.41 Å². The molecular formula is C15H26N2O5. The number of nitrogens with zero attached hydrogens (tertiary/aromatic N) is 2. The maximum Gasteiger partial charge on any atom is 0.410 e. The Hall–Kier alpha value is -1.79. The number of carboxylic acid groups (broad SMARTS) is 1. The van der Waals surface area contributed by atoms with Gasteiger partial charge < -0.3 is 19.6 Å². The highest BCUT2D eigenvalue weighted by Gasteiger charge is 2.34. The molecule has 0 aromatic rings. The van der Waals surface area contributed by atoms with E-state index in [2.05, 4.69) is 0 Å². The molecule has 0 atom stereocenters. The quantitative estimate of drug-likeness (QED) is 0.854. The Balaban J connectivity index is 2.50. The molecule has 0 saturated carbocycles. The van der Waals surface area contributed by atoms with Crippen LogP contribution in [0.5, 0.6) is 0 Å². The lowest BCUT2D eigenvalue weighted by Crippen LogP contribution is -2.52. The van der Waals surface area contributed by atoms with Crippen LogP contribution < -0.4 is 0 Å². The van der Waals surface area contributed by atoms with Crippen LogP contribution in [0, 0.1) is 5.41 Å². The molecular weight excluding hydrogens is 288 g/mol. The number of carbonyl (C=O) groups excluding carboxylic acids is 2. The van der Waals surface area contributed by atoms with Crippen LogP contribution in [-0.2, 0) is 14.3 Å². The fourth-order valence-electron chi connectivity index (χ4n) is 2.03. The molecule has 0 spiro atoms. The molecule has 2 amide bonds. The SMILES string of the molecule is CC(C)(C)OC(=O)N1CCN(C(=O)CC(C)(C)C(=O)O)CC1. The summed E-state index contributed by atoms with van der Waals surface area (Å²) in [4.78, 5) is 38.3. The molecule has 1 saturated heterocycles. The van der Waals surface area contributed by atoms with Gasteiger partial charge >= 0.3 is 12.1 Å². The Kier molecular flexibility index (Phi) is 5.43. The van der Waals surface area contributed by atoms with Crippen molar-refractivity contribution in [2.45, 2.75) is 46.6 Å². The smallest absolute Gasteiger partial charge is 0.410 e. The zero-order chi connectivity index (χ0) is 17.1. The standard InChI is InChI=1S/C15H26N2O5/c1-14(2,3)22-13(21)17-8-6-16(7-9-17)11(18)10-15(4,5)12(19)20/h6-10H2,1-5H3,(H,19,20). The van der Waals surface area contributed by atoms with E-state index in [0.717, 1.165) is 0 Å². The average molecular weight is 314 g/mol. The summed E-state index contributed by atoms with van der Waals surface area (Å²) in [5, 5.41) is 9.07. The summed E-state index contributed by atoms with van der Waals surface area (Å²) in [5.41, 5.74) is -1.63. The number of hydrogen-bond acceptors (Lipinski definition) is 4. The number of carbonyl (C=O) groups is 3. The van der Waals surface area contributed by atoms with E-state index in [1.807, 2.05) is 0 Å². The summed E-state index contributed by atoms with van der Waals surface area (Å²) in [6.45, 7) is 10.1. The molecule has 1 rings (SSSR count). The second-order valence-corrected chi connectivity index (χ2v) is 7.21. The number of piperazine rings is 1. The molecule has 1 fully saturated rings. The Bertz CT molecular complexity index is 445. The van der Waals surface area contributed by atoms with Crippen molar-refractivity contribution in [1.82, 2.24) is 9.80 Å². The van der Waals surface area contributed by atoms with Gasteiger partial charge in [0.25, 0.3) is 0 Å². The van der Waals surface area contributed by atoms with Gasteiger partial charge in [-0.15, -0.1) is 0 Å². The first kappa shape index (κ1) is 18.3. The van der Waals surface area contributed by atoms with Crippen LogP contribution in [0.1, 0.15) is 41.0 Å². The Morgan fingerprint density at radius 1 is 0.955 bits per heavy atom. The molecule has 7 heteroatoms. The predicted octanol–water partition coefficient (Wildman–Crippen LogP) is 1.57. The lowest BCUT2D eigenvalue weighted by Gasteiger charge is -2.36. The van der Waals surface area contributed by atoms with Gasteiger partial charge in [0, 0.05) is 32.6 Å². The summed E-state index contributed by atoms with van der Waals surface area (Å²) in [5.74, 6) is -1.19. The van der Waals surface area contributed by atoms with E-state index in [1.165, 1.54) is 13.8 Å². The molecule has 126 valence electrons. The first-order valence-electron chi connectivity index (χ1n) is 7.41. The van der Waals surface area contributed by atoms with Gasteiger partial charge in [0.05, 0.1) is 5.41 Å². The Morgan fingerprint density at radius 2 is 1.41 bits per heavy atom. The maximum atomic E-state index is 12.2. The third-order valence-corrected chi connectivity index (χ3v) is 3.46. The molecule has 7 nitrogen and oxygen atoms in total. The molecule has 0 radical (unpaired) electrons. The van der Waals surface area contributed by atoms with E-state index in [-0.39, 0.29) is 18.4 Å². The second kappa shape index (κ2) is 6.54. The molecule has 0 unspecified atom stereocenters. The fourth-order valence-corrected chi connectivity index (χ4v) is 2.03. The van der Waals surface area contributed by atoms with Crippen LogP contribution in [0.15, 0.2) is 0 Å². The normalized spacial score (nSPS) is 16.4. The highest BCUT2D eigenvalue weighted by atomic mass is 16.6. The van der Waals surface area contributed by atoms with Gasteiger partial charge in [0.2, 0.25) is 5.91 Å². The number of amides is 2. The number of hydrogen-bond donors (Lipinski definition) is 1. The summed E-state index contributed by atoms with van der Waals surface area (Å²) in [6.07, 6.45) is -0.431.